The van der Waals surface area contributed by atoms with Crippen LogP contribution in [0.2, 0.25) is 0 Å². The molecule has 0 saturated carbocycles. The fourth-order valence-electron chi connectivity index (χ4n) is 5.99. The van der Waals surface area contributed by atoms with Crippen LogP contribution in [0.1, 0.15) is 70.6 Å². The Morgan fingerprint density at radius 2 is 1.55 bits per heavy atom. The van der Waals surface area contributed by atoms with E-state index in [9.17, 15) is 23.2 Å². The standard InChI is InChI=1S/C32H31F2N3O4.ClH/c33-24-11-12-25(28(34)17-24)23-13-15-35(16-14-23)18-21-7-9-22(10-8-21)20-41-29-4-1-3-26-27(29)19-36(32(26)40)37-30(38)5-2-6-31(37)39;/h1,3-4,7-12,17,23H,2,5-6,13-16,18-20H2;1H. The summed E-state index contributed by atoms with van der Waals surface area (Å²) in [4.78, 5) is 40.1. The first-order valence-corrected chi connectivity index (χ1v) is 14.0. The van der Waals surface area contributed by atoms with Crippen molar-refractivity contribution in [2.24, 2.45) is 0 Å². The lowest BCUT2D eigenvalue weighted by Crippen LogP contribution is -2.52. The number of hydrogen-bond acceptors (Lipinski definition) is 5. The molecule has 3 aromatic rings. The number of nitrogens with zero attached hydrogens (tertiary/aromatic N) is 3. The van der Waals surface area contributed by atoms with Crippen molar-refractivity contribution in [3.8, 4) is 5.75 Å². The second-order valence-corrected chi connectivity index (χ2v) is 10.9. The Labute approximate surface area is 249 Å². The van der Waals surface area contributed by atoms with Gasteiger partial charge in [-0.2, -0.15) is 5.01 Å². The van der Waals surface area contributed by atoms with Crippen LogP contribution in [0.25, 0.3) is 0 Å². The molecule has 0 spiro atoms. The minimum Gasteiger partial charge on any atom is -0.489 e. The van der Waals surface area contributed by atoms with Gasteiger partial charge in [0, 0.05) is 31.0 Å². The molecule has 3 aliphatic heterocycles. The fraction of sp³-hybridized carbons (Fsp3) is 0.344. The number of piperidine rings is 2. The Morgan fingerprint density at radius 3 is 2.24 bits per heavy atom. The van der Waals surface area contributed by atoms with Crippen molar-refractivity contribution in [3.05, 3.63) is 100 Å². The molecule has 7 nitrogen and oxygen atoms in total. The summed E-state index contributed by atoms with van der Waals surface area (Å²) in [5, 5.41) is 2.23. The van der Waals surface area contributed by atoms with E-state index in [-0.39, 0.29) is 55.4 Å². The molecule has 3 amide bonds. The predicted octanol–water partition coefficient (Wildman–Crippen LogP) is 5.76. The van der Waals surface area contributed by atoms with Gasteiger partial charge in [-0.15, -0.1) is 12.4 Å². The third-order valence-corrected chi connectivity index (χ3v) is 8.21. The molecule has 6 rings (SSSR count). The van der Waals surface area contributed by atoms with Crippen LogP contribution >= 0.6 is 12.4 Å². The number of ether oxygens (including phenoxy) is 1. The van der Waals surface area contributed by atoms with Gasteiger partial charge in [-0.1, -0.05) is 36.4 Å². The number of halogens is 3. The lowest BCUT2D eigenvalue weighted by atomic mass is 9.89. The highest BCUT2D eigenvalue weighted by Gasteiger charge is 2.40. The predicted molar refractivity (Wildman–Crippen MR) is 154 cm³/mol. The van der Waals surface area contributed by atoms with E-state index in [0.717, 1.165) is 54.7 Å². The molecule has 10 heteroatoms. The number of benzene rings is 3. The number of carbonyl (C=O) groups is 3. The molecular weight excluding hydrogens is 564 g/mol. The number of hydrogen-bond donors (Lipinski definition) is 0. The van der Waals surface area contributed by atoms with E-state index in [1.54, 1.807) is 24.3 Å². The number of hydrazine groups is 1. The maximum absolute atomic E-state index is 14.2. The lowest BCUT2D eigenvalue weighted by Gasteiger charge is -2.32. The zero-order valence-corrected chi connectivity index (χ0v) is 23.9. The second kappa shape index (κ2) is 12.6. The zero-order valence-electron chi connectivity index (χ0n) is 23.1. The van der Waals surface area contributed by atoms with Crippen LogP contribution < -0.4 is 4.74 Å². The maximum atomic E-state index is 14.2. The quantitative estimate of drug-likeness (QED) is 0.325. The molecule has 0 radical (unpaired) electrons. The summed E-state index contributed by atoms with van der Waals surface area (Å²) in [6.45, 7) is 2.90. The molecule has 0 bridgehead atoms. The average molecular weight is 596 g/mol. The van der Waals surface area contributed by atoms with E-state index in [0.29, 0.717) is 35.5 Å². The Bertz CT molecular complexity index is 1480. The second-order valence-electron chi connectivity index (χ2n) is 10.9. The number of likely N-dealkylation sites (tertiary alicyclic amines) is 1. The van der Waals surface area contributed by atoms with Gasteiger partial charge in [0.05, 0.1) is 12.1 Å². The minimum absolute atomic E-state index is 0. The minimum atomic E-state index is -0.546. The maximum Gasteiger partial charge on any atom is 0.273 e. The molecule has 0 N–H and O–H groups in total. The van der Waals surface area contributed by atoms with E-state index in [4.69, 9.17) is 4.74 Å². The van der Waals surface area contributed by atoms with Crippen molar-refractivity contribution in [1.82, 2.24) is 14.9 Å². The van der Waals surface area contributed by atoms with Gasteiger partial charge >= 0.3 is 0 Å². The lowest BCUT2D eigenvalue weighted by molar-refractivity contribution is -0.163. The first-order valence-electron chi connectivity index (χ1n) is 14.0. The normalized spacial score (nSPS) is 17.8. The van der Waals surface area contributed by atoms with E-state index >= 15 is 0 Å². The molecule has 3 heterocycles. The molecule has 2 fully saturated rings. The smallest absolute Gasteiger partial charge is 0.273 e. The van der Waals surface area contributed by atoms with Gasteiger partial charge in [-0.3, -0.25) is 19.3 Å². The number of amides is 3. The molecule has 42 heavy (non-hydrogen) atoms. The molecule has 0 atom stereocenters. The number of rotatable bonds is 7. The summed E-state index contributed by atoms with van der Waals surface area (Å²) in [5.41, 5.74) is 3.85. The molecule has 0 unspecified atom stereocenters. The van der Waals surface area contributed by atoms with Crippen LogP contribution in [0.15, 0.2) is 60.7 Å². The van der Waals surface area contributed by atoms with Crippen LogP contribution in [0.3, 0.4) is 0 Å². The third kappa shape index (κ3) is 6.03. The van der Waals surface area contributed by atoms with E-state index in [2.05, 4.69) is 17.0 Å². The van der Waals surface area contributed by atoms with Crippen molar-refractivity contribution in [2.45, 2.75) is 57.7 Å². The van der Waals surface area contributed by atoms with E-state index in [1.807, 2.05) is 12.1 Å². The van der Waals surface area contributed by atoms with Gasteiger partial charge in [0.1, 0.15) is 24.0 Å². The summed E-state index contributed by atoms with van der Waals surface area (Å²) in [6.07, 6.45) is 2.66. The SMILES string of the molecule is Cl.O=C1c2cccc(OCc3ccc(CN4CCC(c5ccc(F)cc5F)CC4)cc3)c2CN1N1C(=O)CCCC1=O. The Balaban J connectivity index is 0.00000353. The largest absolute Gasteiger partial charge is 0.489 e. The van der Waals surface area contributed by atoms with Gasteiger partial charge in [0.15, 0.2) is 0 Å². The topological polar surface area (TPSA) is 70.2 Å². The molecule has 0 aromatic heterocycles. The van der Waals surface area contributed by atoms with Crippen LogP contribution in [0.4, 0.5) is 8.78 Å². The van der Waals surface area contributed by atoms with Crippen molar-refractivity contribution >= 4 is 30.1 Å². The number of imide groups is 1. The summed E-state index contributed by atoms with van der Waals surface area (Å²) < 4.78 is 33.5. The average Bonchev–Trinajstić information content (AvgIpc) is 3.29. The summed E-state index contributed by atoms with van der Waals surface area (Å²) >= 11 is 0. The fourth-order valence-corrected chi connectivity index (χ4v) is 5.99. The first-order chi connectivity index (χ1) is 19.9. The molecule has 3 aromatic carbocycles. The van der Waals surface area contributed by atoms with Crippen LogP contribution in [-0.4, -0.2) is 45.7 Å². The van der Waals surface area contributed by atoms with Gasteiger partial charge in [0.25, 0.3) is 5.91 Å². The van der Waals surface area contributed by atoms with Crippen molar-refractivity contribution in [3.63, 3.8) is 0 Å². The highest BCUT2D eigenvalue weighted by molar-refractivity contribution is 6.04. The van der Waals surface area contributed by atoms with Crippen molar-refractivity contribution in [2.75, 3.05) is 13.1 Å². The Hall–Kier alpha value is -3.82. The van der Waals surface area contributed by atoms with Crippen molar-refractivity contribution in [1.29, 1.82) is 0 Å². The number of carbonyl (C=O) groups excluding carboxylic acids is 3. The van der Waals surface area contributed by atoms with Crippen LogP contribution in [0, 0.1) is 11.6 Å². The Morgan fingerprint density at radius 1 is 0.857 bits per heavy atom. The molecule has 2 saturated heterocycles. The van der Waals surface area contributed by atoms with E-state index < -0.39 is 11.6 Å². The van der Waals surface area contributed by atoms with Crippen molar-refractivity contribution < 1.29 is 27.9 Å². The van der Waals surface area contributed by atoms with Crippen LogP contribution in [0.5, 0.6) is 5.75 Å². The summed E-state index contributed by atoms with van der Waals surface area (Å²) in [7, 11) is 0. The van der Waals surface area contributed by atoms with Crippen LogP contribution in [-0.2, 0) is 29.3 Å². The van der Waals surface area contributed by atoms with Gasteiger partial charge in [0.2, 0.25) is 11.8 Å². The molecule has 0 aliphatic carbocycles. The summed E-state index contributed by atoms with van der Waals surface area (Å²) in [6, 6.07) is 17.3. The Kier molecular flexibility index (Phi) is 8.89. The molecule has 3 aliphatic rings. The molecular formula is C32H32ClF2N3O4. The highest BCUT2D eigenvalue weighted by Crippen LogP contribution is 2.34. The number of fused-ring (bicyclic) bond motifs is 1. The first kappa shape index (κ1) is 29.7. The zero-order chi connectivity index (χ0) is 28.5. The monoisotopic (exact) mass is 595 g/mol. The van der Waals surface area contributed by atoms with Gasteiger partial charge < -0.3 is 4.74 Å². The van der Waals surface area contributed by atoms with E-state index in [1.165, 1.54) is 11.1 Å². The van der Waals surface area contributed by atoms with Gasteiger partial charge in [-0.25, -0.2) is 13.8 Å². The summed E-state index contributed by atoms with van der Waals surface area (Å²) in [5.74, 6) is -1.42. The molecule has 220 valence electrons. The van der Waals surface area contributed by atoms with Gasteiger partial charge in [-0.05, 0) is 73.2 Å². The third-order valence-electron chi connectivity index (χ3n) is 8.21. The highest BCUT2D eigenvalue weighted by atomic mass is 35.5.